The molecule has 4 heterocycles. The molecule has 6 nitrogen and oxygen atoms in total. The van der Waals surface area contributed by atoms with Gasteiger partial charge in [0.25, 0.3) is 0 Å². The van der Waals surface area contributed by atoms with Gasteiger partial charge in [-0.3, -0.25) is 0 Å². The third-order valence-corrected chi connectivity index (χ3v) is 8.66. The standard InChI is InChI=1S/C25H29F3N6S/c1-15-11-21(35-32-15)33-13-18-8-9-19(14-33)22(18)29-24-30-23-20(3-2-10-34(23)31-24)17-6-4-16(5-7-17)12-25(26,27)28/h4-7,11,18-20,22H,2-3,8-10,12-14H2,1H3,(H,29,31). The average molecular weight is 503 g/mol. The average Bonchev–Trinajstić information content (AvgIpc) is 3.48. The first-order chi connectivity index (χ1) is 16.8. The minimum Gasteiger partial charge on any atom is -0.361 e. The zero-order valence-electron chi connectivity index (χ0n) is 19.6. The fraction of sp³-hybridized carbons (Fsp3) is 0.560. The molecule has 1 saturated carbocycles. The third kappa shape index (κ3) is 4.64. The van der Waals surface area contributed by atoms with Crippen LogP contribution in [-0.4, -0.2) is 44.4 Å². The van der Waals surface area contributed by atoms with E-state index in [2.05, 4.69) is 20.7 Å². The molecule has 3 aromatic rings. The van der Waals surface area contributed by atoms with E-state index in [9.17, 15) is 13.2 Å². The SMILES string of the molecule is Cc1cc(N2CC3CCC(C2)C3Nc2nc3n(n2)CCCC3c2ccc(CC(F)(F)F)cc2)sn1. The summed E-state index contributed by atoms with van der Waals surface area (Å²) in [4.78, 5) is 7.38. The lowest BCUT2D eigenvalue weighted by Gasteiger charge is -2.38. The van der Waals surface area contributed by atoms with Crippen LogP contribution in [0.15, 0.2) is 30.3 Å². The minimum absolute atomic E-state index is 0.0554. The number of alkyl halides is 3. The lowest BCUT2D eigenvalue weighted by Crippen LogP contribution is -2.48. The van der Waals surface area contributed by atoms with Crippen molar-refractivity contribution in [3.8, 4) is 0 Å². The molecule has 3 unspecified atom stereocenters. The smallest absolute Gasteiger partial charge is 0.361 e. The number of nitrogens with one attached hydrogen (secondary N) is 1. The molecule has 35 heavy (non-hydrogen) atoms. The highest BCUT2D eigenvalue weighted by Gasteiger charge is 2.43. The second-order valence-electron chi connectivity index (χ2n) is 10.2. The highest BCUT2D eigenvalue weighted by Crippen LogP contribution is 2.41. The van der Waals surface area contributed by atoms with Crippen LogP contribution in [-0.2, 0) is 13.0 Å². The van der Waals surface area contributed by atoms with Crippen molar-refractivity contribution < 1.29 is 13.2 Å². The van der Waals surface area contributed by atoms with E-state index in [0.29, 0.717) is 23.8 Å². The number of hydrogen-bond acceptors (Lipinski definition) is 6. The van der Waals surface area contributed by atoms with Gasteiger partial charge >= 0.3 is 6.18 Å². The summed E-state index contributed by atoms with van der Waals surface area (Å²) in [5, 5.41) is 9.73. The topological polar surface area (TPSA) is 58.9 Å². The second kappa shape index (κ2) is 8.80. The third-order valence-electron chi connectivity index (χ3n) is 7.72. The molecule has 10 heteroatoms. The Morgan fingerprint density at radius 1 is 1.09 bits per heavy atom. The molecule has 1 aliphatic carbocycles. The molecule has 186 valence electrons. The Labute approximate surface area is 206 Å². The molecule has 1 aromatic carbocycles. The fourth-order valence-electron chi connectivity index (χ4n) is 6.11. The lowest BCUT2D eigenvalue weighted by atomic mass is 9.90. The number of anilines is 2. The first-order valence-corrected chi connectivity index (χ1v) is 13.1. The van der Waals surface area contributed by atoms with Crippen molar-refractivity contribution in [1.82, 2.24) is 19.1 Å². The van der Waals surface area contributed by atoms with Crippen LogP contribution in [0.5, 0.6) is 0 Å². The number of nitrogens with zero attached hydrogens (tertiary/aromatic N) is 5. The summed E-state index contributed by atoms with van der Waals surface area (Å²) in [6.45, 7) is 4.91. The zero-order valence-corrected chi connectivity index (χ0v) is 20.4. The highest BCUT2D eigenvalue weighted by molar-refractivity contribution is 7.10. The number of aryl methyl sites for hydroxylation is 2. The summed E-state index contributed by atoms with van der Waals surface area (Å²) in [6, 6.07) is 9.37. The maximum Gasteiger partial charge on any atom is 0.393 e. The quantitative estimate of drug-likeness (QED) is 0.506. The molecule has 0 spiro atoms. The van der Waals surface area contributed by atoms with Crippen molar-refractivity contribution >= 4 is 22.5 Å². The molecule has 3 aliphatic rings. The molecule has 6 rings (SSSR count). The van der Waals surface area contributed by atoms with E-state index in [1.54, 1.807) is 23.7 Å². The van der Waals surface area contributed by atoms with Gasteiger partial charge in [0, 0.05) is 31.6 Å². The number of aromatic nitrogens is 4. The van der Waals surface area contributed by atoms with E-state index in [4.69, 9.17) is 10.1 Å². The van der Waals surface area contributed by atoms with E-state index in [-0.39, 0.29) is 11.5 Å². The van der Waals surface area contributed by atoms with Gasteiger partial charge in [-0.25, -0.2) is 4.68 Å². The molecule has 1 saturated heterocycles. The largest absolute Gasteiger partial charge is 0.393 e. The number of fused-ring (bicyclic) bond motifs is 3. The molecule has 3 atom stereocenters. The van der Waals surface area contributed by atoms with Crippen LogP contribution in [0.25, 0.3) is 0 Å². The van der Waals surface area contributed by atoms with Crippen molar-refractivity contribution in [2.24, 2.45) is 11.8 Å². The highest BCUT2D eigenvalue weighted by atomic mass is 32.1. The Balaban J connectivity index is 1.17. The van der Waals surface area contributed by atoms with Crippen LogP contribution in [0.2, 0.25) is 0 Å². The molecule has 0 radical (unpaired) electrons. The van der Waals surface area contributed by atoms with Crippen LogP contribution in [0.1, 0.15) is 54.2 Å². The number of halogens is 3. The first kappa shape index (κ1) is 22.8. The van der Waals surface area contributed by atoms with Gasteiger partial charge in [-0.05, 0) is 73.2 Å². The Hall–Kier alpha value is -2.62. The second-order valence-corrected chi connectivity index (χ2v) is 11.0. The van der Waals surface area contributed by atoms with E-state index >= 15 is 0 Å². The van der Waals surface area contributed by atoms with E-state index in [1.807, 2.05) is 23.7 Å². The number of piperidine rings is 1. The van der Waals surface area contributed by atoms with Gasteiger partial charge < -0.3 is 10.2 Å². The molecular weight excluding hydrogens is 473 g/mol. The van der Waals surface area contributed by atoms with Gasteiger partial charge in [0.2, 0.25) is 5.95 Å². The normalized spacial score (nSPS) is 26.1. The summed E-state index contributed by atoms with van der Waals surface area (Å²) in [5.74, 6) is 2.75. The maximum atomic E-state index is 12.7. The van der Waals surface area contributed by atoms with E-state index in [0.717, 1.165) is 49.6 Å². The molecule has 2 bridgehead atoms. The predicted octanol–water partition coefficient (Wildman–Crippen LogP) is 5.40. The maximum absolute atomic E-state index is 12.7. The Morgan fingerprint density at radius 2 is 1.83 bits per heavy atom. The van der Waals surface area contributed by atoms with Gasteiger partial charge in [0.15, 0.2) is 0 Å². The first-order valence-electron chi connectivity index (χ1n) is 12.4. The zero-order chi connectivity index (χ0) is 24.2. The van der Waals surface area contributed by atoms with Gasteiger partial charge in [0.1, 0.15) is 10.8 Å². The molecule has 0 amide bonds. The van der Waals surface area contributed by atoms with Crippen molar-refractivity contribution in [1.29, 1.82) is 0 Å². The Morgan fingerprint density at radius 3 is 2.49 bits per heavy atom. The summed E-state index contributed by atoms with van der Waals surface area (Å²) in [7, 11) is 0. The van der Waals surface area contributed by atoms with E-state index < -0.39 is 12.6 Å². The molecular formula is C25H29F3N6S. The van der Waals surface area contributed by atoms with Crippen molar-refractivity contribution in [2.75, 3.05) is 23.3 Å². The molecule has 2 fully saturated rings. The van der Waals surface area contributed by atoms with E-state index in [1.165, 1.54) is 17.8 Å². The monoisotopic (exact) mass is 502 g/mol. The molecule has 2 aromatic heterocycles. The minimum atomic E-state index is -4.19. The Kier molecular flexibility index (Phi) is 5.74. The summed E-state index contributed by atoms with van der Waals surface area (Å²) < 4.78 is 44.6. The fourth-order valence-corrected chi connectivity index (χ4v) is 6.89. The van der Waals surface area contributed by atoms with Crippen LogP contribution < -0.4 is 10.2 Å². The van der Waals surface area contributed by atoms with Gasteiger partial charge in [-0.2, -0.15) is 22.5 Å². The number of benzene rings is 1. The summed E-state index contributed by atoms with van der Waals surface area (Å²) in [5.41, 5.74) is 2.37. The van der Waals surface area contributed by atoms with Crippen molar-refractivity contribution in [3.63, 3.8) is 0 Å². The van der Waals surface area contributed by atoms with Gasteiger partial charge in [-0.15, -0.1) is 5.10 Å². The van der Waals surface area contributed by atoms with Crippen molar-refractivity contribution in [3.05, 3.63) is 53.0 Å². The molecule has 1 N–H and O–H groups in total. The molecule has 2 aliphatic heterocycles. The van der Waals surface area contributed by atoms with Gasteiger partial charge in [0.05, 0.1) is 12.1 Å². The summed E-state index contributed by atoms with van der Waals surface area (Å²) in [6.07, 6.45) is -0.778. The predicted molar refractivity (Wildman–Crippen MR) is 130 cm³/mol. The summed E-state index contributed by atoms with van der Waals surface area (Å²) >= 11 is 1.58. The Bertz CT molecular complexity index is 1170. The lowest BCUT2D eigenvalue weighted by molar-refractivity contribution is -0.127. The van der Waals surface area contributed by atoms with Crippen LogP contribution >= 0.6 is 11.5 Å². The number of rotatable bonds is 5. The van der Waals surface area contributed by atoms with Crippen molar-refractivity contribution in [2.45, 2.75) is 63.7 Å². The van der Waals surface area contributed by atoms with Gasteiger partial charge in [-0.1, -0.05) is 24.3 Å². The van der Waals surface area contributed by atoms with Crippen LogP contribution in [0, 0.1) is 18.8 Å². The number of hydrogen-bond donors (Lipinski definition) is 1. The van der Waals surface area contributed by atoms with Crippen LogP contribution in [0.4, 0.5) is 24.1 Å². The van der Waals surface area contributed by atoms with Crippen LogP contribution in [0.3, 0.4) is 0 Å².